The molecule has 0 atom stereocenters. The SMILES string of the molecule is COc1nsc(OC)c1CNCc1ccccc1. The van der Waals surface area contributed by atoms with Crippen LogP contribution in [-0.4, -0.2) is 18.6 Å². The Hall–Kier alpha value is -1.59. The first kappa shape index (κ1) is 12.9. The average molecular weight is 264 g/mol. The minimum absolute atomic E-state index is 0.636. The third-order valence-corrected chi connectivity index (χ3v) is 3.40. The van der Waals surface area contributed by atoms with Gasteiger partial charge in [0.25, 0.3) is 0 Å². The summed E-state index contributed by atoms with van der Waals surface area (Å²) in [7, 11) is 3.27. The lowest BCUT2D eigenvalue weighted by Crippen LogP contribution is -2.13. The summed E-state index contributed by atoms with van der Waals surface area (Å²) in [6, 6.07) is 10.3. The van der Waals surface area contributed by atoms with Gasteiger partial charge in [-0.25, -0.2) is 0 Å². The highest BCUT2D eigenvalue weighted by Gasteiger charge is 2.14. The van der Waals surface area contributed by atoms with Gasteiger partial charge in [0.2, 0.25) is 10.9 Å². The molecule has 96 valence electrons. The van der Waals surface area contributed by atoms with E-state index in [1.807, 2.05) is 18.2 Å². The van der Waals surface area contributed by atoms with Crippen LogP contribution in [0.25, 0.3) is 0 Å². The number of ether oxygens (including phenoxy) is 2. The molecule has 1 N–H and O–H groups in total. The number of benzene rings is 1. The van der Waals surface area contributed by atoms with Crippen molar-refractivity contribution < 1.29 is 9.47 Å². The summed E-state index contributed by atoms with van der Waals surface area (Å²) in [6.07, 6.45) is 0. The second-order valence-corrected chi connectivity index (χ2v) is 4.49. The van der Waals surface area contributed by atoms with E-state index in [4.69, 9.17) is 9.47 Å². The van der Waals surface area contributed by atoms with Crippen LogP contribution < -0.4 is 14.8 Å². The predicted molar refractivity (Wildman–Crippen MR) is 72.2 cm³/mol. The van der Waals surface area contributed by atoms with Crippen molar-refractivity contribution in [1.82, 2.24) is 9.69 Å². The zero-order chi connectivity index (χ0) is 12.8. The van der Waals surface area contributed by atoms with Crippen LogP contribution in [0.4, 0.5) is 0 Å². The normalized spacial score (nSPS) is 10.3. The van der Waals surface area contributed by atoms with Crippen molar-refractivity contribution >= 4 is 11.5 Å². The fraction of sp³-hybridized carbons (Fsp3) is 0.308. The Morgan fingerprint density at radius 3 is 2.56 bits per heavy atom. The minimum atomic E-state index is 0.636. The molecule has 0 fully saturated rings. The Bertz CT molecular complexity index is 463. The molecule has 0 saturated heterocycles. The summed E-state index contributed by atoms with van der Waals surface area (Å²) in [5, 5.41) is 4.16. The zero-order valence-electron chi connectivity index (χ0n) is 10.5. The largest absolute Gasteiger partial charge is 0.486 e. The van der Waals surface area contributed by atoms with Crippen LogP contribution in [-0.2, 0) is 13.1 Å². The molecule has 1 aromatic heterocycles. The summed E-state index contributed by atoms with van der Waals surface area (Å²) in [6.45, 7) is 1.49. The first-order valence-electron chi connectivity index (χ1n) is 5.66. The molecule has 2 rings (SSSR count). The number of nitrogens with zero attached hydrogens (tertiary/aromatic N) is 1. The highest BCUT2D eigenvalue weighted by Crippen LogP contribution is 2.32. The van der Waals surface area contributed by atoms with Crippen molar-refractivity contribution in [3.05, 3.63) is 41.5 Å². The molecule has 1 heterocycles. The predicted octanol–water partition coefficient (Wildman–Crippen LogP) is 2.45. The van der Waals surface area contributed by atoms with Crippen molar-refractivity contribution in [3.63, 3.8) is 0 Å². The van der Waals surface area contributed by atoms with Gasteiger partial charge in [-0.05, 0) is 5.56 Å². The molecule has 0 aliphatic carbocycles. The molecule has 0 spiro atoms. The smallest absolute Gasteiger partial charge is 0.233 e. The maximum atomic E-state index is 5.27. The molecule has 0 aliphatic heterocycles. The number of hydrogen-bond acceptors (Lipinski definition) is 5. The van der Waals surface area contributed by atoms with Crippen LogP contribution >= 0.6 is 11.5 Å². The lowest BCUT2D eigenvalue weighted by Gasteiger charge is -2.06. The molecule has 0 bridgehead atoms. The Labute approximate surface area is 111 Å². The zero-order valence-corrected chi connectivity index (χ0v) is 11.3. The number of aromatic nitrogens is 1. The molecule has 0 saturated carbocycles. The lowest BCUT2D eigenvalue weighted by atomic mass is 10.2. The van der Waals surface area contributed by atoms with Crippen LogP contribution in [0.2, 0.25) is 0 Å². The molecule has 18 heavy (non-hydrogen) atoms. The van der Waals surface area contributed by atoms with E-state index < -0.39 is 0 Å². The number of rotatable bonds is 6. The molecular weight excluding hydrogens is 248 g/mol. The van der Waals surface area contributed by atoms with E-state index in [1.165, 1.54) is 17.1 Å². The van der Waals surface area contributed by atoms with E-state index in [1.54, 1.807) is 14.2 Å². The average Bonchev–Trinajstić information content (AvgIpc) is 2.82. The van der Waals surface area contributed by atoms with Crippen molar-refractivity contribution in [3.8, 4) is 10.9 Å². The van der Waals surface area contributed by atoms with Gasteiger partial charge in [0, 0.05) is 24.6 Å². The van der Waals surface area contributed by atoms with Crippen LogP contribution in [0.1, 0.15) is 11.1 Å². The Morgan fingerprint density at radius 2 is 1.89 bits per heavy atom. The topological polar surface area (TPSA) is 43.4 Å². The molecule has 1 aromatic carbocycles. The standard InChI is InChI=1S/C13H16N2O2S/c1-16-12-11(13(17-2)18-15-12)9-14-8-10-6-4-3-5-7-10/h3-7,14H,8-9H2,1-2H3. The van der Waals surface area contributed by atoms with Crippen molar-refractivity contribution in [2.24, 2.45) is 0 Å². The summed E-state index contributed by atoms with van der Waals surface area (Å²) >= 11 is 1.31. The van der Waals surface area contributed by atoms with Gasteiger partial charge in [-0.2, -0.15) is 4.37 Å². The number of nitrogens with one attached hydrogen (secondary N) is 1. The summed E-state index contributed by atoms with van der Waals surface area (Å²) < 4.78 is 14.7. The van der Waals surface area contributed by atoms with Gasteiger partial charge in [0.05, 0.1) is 19.8 Å². The van der Waals surface area contributed by atoms with Crippen LogP contribution in [0.3, 0.4) is 0 Å². The maximum Gasteiger partial charge on any atom is 0.233 e. The first-order chi connectivity index (χ1) is 8.85. The Kier molecular flexibility index (Phi) is 4.55. The number of hydrogen-bond donors (Lipinski definition) is 1. The van der Waals surface area contributed by atoms with E-state index in [2.05, 4.69) is 21.8 Å². The molecular formula is C13H16N2O2S. The summed E-state index contributed by atoms with van der Waals surface area (Å²) in [5.41, 5.74) is 2.22. The Morgan fingerprint density at radius 1 is 1.11 bits per heavy atom. The maximum absolute atomic E-state index is 5.27. The van der Waals surface area contributed by atoms with Gasteiger partial charge >= 0.3 is 0 Å². The van der Waals surface area contributed by atoms with Crippen molar-refractivity contribution in [1.29, 1.82) is 0 Å². The molecule has 2 aromatic rings. The number of methoxy groups -OCH3 is 2. The van der Waals surface area contributed by atoms with Gasteiger partial charge < -0.3 is 14.8 Å². The van der Waals surface area contributed by atoms with E-state index in [-0.39, 0.29) is 0 Å². The fourth-order valence-corrected chi connectivity index (χ4v) is 2.37. The molecule has 4 nitrogen and oxygen atoms in total. The quantitative estimate of drug-likeness (QED) is 0.870. The minimum Gasteiger partial charge on any atom is -0.486 e. The van der Waals surface area contributed by atoms with Gasteiger partial charge in [0.1, 0.15) is 0 Å². The van der Waals surface area contributed by atoms with Crippen LogP contribution in [0.5, 0.6) is 10.9 Å². The second kappa shape index (κ2) is 6.37. The van der Waals surface area contributed by atoms with E-state index in [9.17, 15) is 0 Å². The monoisotopic (exact) mass is 264 g/mol. The highest BCUT2D eigenvalue weighted by molar-refractivity contribution is 7.08. The Balaban J connectivity index is 1.95. The third-order valence-electron chi connectivity index (χ3n) is 2.57. The van der Waals surface area contributed by atoms with Gasteiger partial charge in [0.15, 0.2) is 0 Å². The molecule has 0 amide bonds. The fourth-order valence-electron chi connectivity index (χ4n) is 1.68. The molecule has 5 heteroatoms. The first-order valence-corrected chi connectivity index (χ1v) is 6.43. The van der Waals surface area contributed by atoms with Crippen molar-refractivity contribution in [2.45, 2.75) is 13.1 Å². The summed E-state index contributed by atoms with van der Waals surface area (Å²) in [4.78, 5) is 0. The molecule has 0 radical (unpaired) electrons. The molecule has 0 unspecified atom stereocenters. The van der Waals surface area contributed by atoms with Crippen LogP contribution in [0.15, 0.2) is 30.3 Å². The van der Waals surface area contributed by atoms with E-state index in [0.717, 1.165) is 17.2 Å². The molecule has 0 aliphatic rings. The van der Waals surface area contributed by atoms with Gasteiger partial charge in [-0.15, -0.1) is 0 Å². The summed E-state index contributed by atoms with van der Waals surface area (Å²) in [5.74, 6) is 0.636. The second-order valence-electron chi connectivity index (χ2n) is 3.75. The van der Waals surface area contributed by atoms with Gasteiger partial charge in [-0.3, -0.25) is 0 Å². The highest BCUT2D eigenvalue weighted by atomic mass is 32.1. The lowest BCUT2D eigenvalue weighted by molar-refractivity contribution is 0.385. The van der Waals surface area contributed by atoms with E-state index in [0.29, 0.717) is 12.4 Å². The van der Waals surface area contributed by atoms with Crippen molar-refractivity contribution in [2.75, 3.05) is 14.2 Å². The van der Waals surface area contributed by atoms with E-state index >= 15 is 0 Å². The van der Waals surface area contributed by atoms with Gasteiger partial charge in [-0.1, -0.05) is 30.3 Å². The third kappa shape index (κ3) is 3.00. The van der Waals surface area contributed by atoms with Crippen LogP contribution in [0, 0.1) is 0 Å².